The summed E-state index contributed by atoms with van der Waals surface area (Å²) in [6.45, 7) is 0. The number of esters is 1. The van der Waals surface area contributed by atoms with E-state index in [4.69, 9.17) is 0 Å². The summed E-state index contributed by atoms with van der Waals surface area (Å²) in [5.41, 5.74) is -0.573. The fraction of sp³-hybridized carbons (Fsp3) is 0.231. The number of hydrogen-bond donors (Lipinski definition) is 0. The van der Waals surface area contributed by atoms with Gasteiger partial charge in [-0.15, -0.1) is 15.1 Å². The van der Waals surface area contributed by atoms with Gasteiger partial charge in [0.15, 0.2) is 11.8 Å². The first kappa shape index (κ1) is 16.2. The highest BCUT2D eigenvalue weighted by Crippen LogP contribution is 2.35. The molecule has 0 saturated carbocycles. The molecule has 0 radical (unpaired) electrons. The third-order valence-electron chi connectivity index (χ3n) is 3.83. The topological polar surface area (TPSA) is 152 Å². The number of carbonyl (C=O) groups excluding carboxylic acids is 3. The van der Waals surface area contributed by atoms with E-state index in [2.05, 4.69) is 15.1 Å². The van der Waals surface area contributed by atoms with E-state index in [1.807, 2.05) is 0 Å². The normalized spacial score (nSPS) is 21.9. The molecular weight excluding hydrogens is 338 g/mol. The highest BCUT2D eigenvalue weighted by molar-refractivity contribution is 6.46. The Morgan fingerprint density at radius 3 is 2.44 bits per heavy atom. The van der Waals surface area contributed by atoms with Crippen LogP contribution in [0.15, 0.2) is 34.7 Å². The molecule has 0 aliphatic carbocycles. The number of amides is 2. The lowest BCUT2D eigenvalue weighted by atomic mass is 9.98. The average molecular weight is 347 g/mol. The summed E-state index contributed by atoms with van der Waals surface area (Å²) in [5, 5.41) is 17.3. The molecule has 0 spiro atoms. The number of hydrogen-bond acceptors (Lipinski definition) is 9. The van der Waals surface area contributed by atoms with Crippen LogP contribution in [0.5, 0.6) is 0 Å². The maximum atomic E-state index is 12.6. The van der Waals surface area contributed by atoms with E-state index in [-0.39, 0.29) is 11.4 Å². The van der Waals surface area contributed by atoms with E-state index in [1.54, 1.807) is 0 Å². The third-order valence-corrected chi connectivity index (χ3v) is 3.83. The Balaban J connectivity index is 2.00. The Bertz CT molecular complexity index is 834. The Morgan fingerprint density at radius 1 is 1.28 bits per heavy atom. The first-order valence-corrected chi connectivity index (χ1v) is 6.82. The quantitative estimate of drug-likeness (QED) is 0.242. The number of anilines is 1. The zero-order chi connectivity index (χ0) is 18.3. The second-order valence-corrected chi connectivity index (χ2v) is 5.09. The van der Waals surface area contributed by atoms with E-state index in [0.717, 1.165) is 24.1 Å². The first-order chi connectivity index (χ1) is 11.9. The van der Waals surface area contributed by atoms with Crippen LogP contribution >= 0.6 is 0 Å². The number of carbonyl (C=O) groups is 3. The van der Waals surface area contributed by atoms with E-state index in [0.29, 0.717) is 5.12 Å². The number of nitro groups is 1. The monoisotopic (exact) mass is 347 g/mol. The number of non-ortho nitro benzene ring substituents is 1. The van der Waals surface area contributed by atoms with Gasteiger partial charge in [0.2, 0.25) is 5.91 Å². The summed E-state index contributed by atoms with van der Waals surface area (Å²) in [7, 11) is 1.06. The molecule has 2 amide bonds. The lowest BCUT2D eigenvalue weighted by molar-refractivity contribution is -0.384. The highest BCUT2D eigenvalue weighted by atomic mass is 16.6. The maximum absolute atomic E-state index is 12.6. The molecule has 0 unspecified atom stereocenters. The predicted octanol–water partition coefficient (Wildman–Crippen LogP) is -0.0212. The number of rotatable bonds is 4. The number of methoxy groups -OCH3 is 1. The van der Waals surface area contributed by atoms with Crippen molar-refractivity contribution in [2.24, 2.45) is 16.3 Å². The summed E-state index contributed by atoms with van der Waals surface area (Å²) >= 11 is 0. The van der Waals surface area contributed by atoms with Crippen LogP contribution in [0.25, 0.3) is 0 Å². The molecule has 25 heavy (non-hydrogen) atoms. The zero-order valence-electron chi connectivity index (χ0n) is 12.6. The third kappa shape index (κ3) is 2.31. The molecular formula is C13H9N5O7. The summed E-state index contributed by atoms with van der Waals surface area (Å²) in [6, 6.07) is 3.27. The SMILES string of the molecule is COC(=O)C1=NN(N=O)[C@H]2C(=O)N(c3ccc([N+](=O)[O-])cc3)C(=O)[C@@H]12. The molecule has 0 aromatic heterocycles. The van der Waals surface area contributed by atoms with Gasteiger partial charge in [0.05, 0.1) is 23.0 Å². The fourth-order valence-electron chi connectivity index (χ4n) is 2.71. The van der Waals surface area contributed by atoms with Crippen LogP contribution in [-0.2, 0) is 19.1 Å². The molecule has 1 saturated heterocycles. The van der Waals surface area contributed by atoms with Gasteiger partial charge in [-0.1, -0.05) is 0 Å². The molecule has 0 bridgehead atoms. The van der Waals surface area contributed by atoms with Crippen molar-refractivity contribution in [2.75, 3.05) is 12.0 Å². The van der Waals surface area contributed by atoms with Crippen molar-refractivity contribution in [2.45, 2.75) is 6.04 Å². The van der Waals surface area contributed by atoms with Gasteiger partial charge < -0.3 is 4.74 Å². The Morgan fingerprint density at radius 2 is 1.92 bits per heavy atom. The largest absolute Gasteiger partial charge is 0.464 e. The molecule has 12 heteroatoms. The van der Waals surface area contributed by atoms with Gasteiger partial charge in [0.1, 0.15) is 5.92 Å². The number of imide groups is 1. The molecule has 1 aromatic rings. The van der Waals surface area contributed by atoms with Crippen molar-refractivity contribution in [3.63, 3.8) is 0 Å². The van der Waals surface area contributed by atoms with Crippen LogP contribution < -0.4 is 4.90 Å². The number of nitro benzene ring substituents is 1. The Labute approximate surface area is 138 Å². The molecule has 1 fully saturated rings. The molecule has 128 valence electrons. The van der Waals surface area contributed by atoms with Crippen LogP contribution in [0.3, 0.4) is 0 Å². The van der Waals surface area contributed by atoms with Crippen LogP contribution in [0.1, 0.15) is 0 Å². The predicted molar refractivity (Wildman–Crippen MR) is 80.0 cm³/mol. The van der Waals surface area contributed by atoms with E-state index in [9.17, 15) is 29.4 Å². The van der Waals surface area contributed by atoms with Gasteiger partial charge in [0, 0.05) is 12.1 Å². The van der Waals surface area contributed by atoms with Crippen molar-refractivity contribution in [3.05, 3.63) is 39.3 Å². The van der Waals surface area contributed by atoms with E-state index in [1.165, 1.54) is 12.1 Å². The summed E-state index contributed by atoms with van der Waals surface area (Å²) < 4.78 is 4.50. The number of nitrogens with zero attached hydrogens (tertiary/aromatic N) is 5. The lowest BCUT2D eigenvalue weighted by Crippen LogP contribution is -2.36. The van der Waals surface area contributed by atoms with E-state index < -0.39 is 40.4 Å². The second kappa shape index (κ2) is 5.74. The average Bonchev–Trinajstić information content (AvgIpc) is 3.11. The van der Waals surface area contributed by atoms with Gasteiger partial charge in [-0.3, -0.25) is 19.7 Å². The van der Waals surface area contributed by atoms with Gasteiger partial charge in [-0.05, 0) is 12.1 Å². The Hall–Kier alpha value is -3.70. The minimum atomic E-state index is -1.39. The molecule has 1 aromatic carbocycles. The summed E-state index contributed by atoms with van der Waals surface area (Å²) in [4.78, 5) is 58.6. The van der Waals surface area contributed by atoms with Gasteiger partial charge in [0.25, 0.3) is 11.6 Å². The van der Waals surface area contributed by atoms with Gasteiger partial charge >= 0.3 is 5.97 Å². The molecule has 2 aliphatic heterocycles. The van der Waals surface area contributed by atoms with Gasteiger partial charge in [-0.2, -0.15) is 0 Å². The smallest absolute Gasteiger partial charge is 0.355 e. The number of fused-ring (bicyclic) bond motifs is 1. The number of ether oxygens (including phenoxy) is 1. The second-order valence-electron chi connectivity index (χ2n) is 5.09. The van der Waals surface area contributed by atoms with Crippen molar-refractivity contribution in [3.8, 4) is 0 Å². The highest BCUT2D eigenvalue weighted by Gasteiger charge is 2.59. The number of benzene rings is 1. The van der Waals surface area contributed by atoms with Crippen LogP contribution in [0.2, 0.25) is 0 Å². The summed E-state index contributed by atoms with van der Waals surface area (Å²) in [6.07, 6.45) is 0. The first-order valence-electron chi connectivity index (χ1n) is 6.82. The molecule has 2 heterocycles. The molecule has 12 nitrogen and oxygen atoms in total. The Kier molecular flexibility index (Phi) is 3.71. The molecule has 3 rings (SSSR count). The fourth-order valence-corrected chi connectivity index (χ4v) is 2.71. The minimum Gasteiger partial charge on any atom is -0.464 e. The molecule has 2 aliphatic rings. The van der Waals surface area contributed by atoms with Crippen molar-refractivity contribution < 1.29 is 24.0 Å². The van der Waals surface area contributed by atoms with Crippen LogP contribution in [0.4, 0.5) is 11.4 Å². The lowest BCUT2D eigenvalue weighted by Gasteiger charge is -2.16. The summed E-state index contributed by atoms with van der Waals surface area (Å²) in [5.74, 6) is -3.94. The van der Waals surface area contributed by atoms with Crippen LogP contribution in [0, 0.1) is 20.9 Å². The molecule has 2 atom stereocenters. The molecule has 0 N–H and O–H groups in total. The van der Waals surface area contributed by atoms with Crippen LogP contribution in [-0.4, -0.2) is 46.7 Å². The number of hydrazone groups is 1. The van der Waals surface area contributed by atoms with Crippen molar-refractivity contribution >= 4 is 34.9 Å². The van der Waals surface area contributed by atoms with E-state index >= 15 is 0 Å². The zero-order valence-corrected chi connectivity index (χ0v) is 12.6. The van der Waals surface area contributed by atoms with Crippen molar-refractivity contribution in [1.82, 2.24) is 5.12 Å². The number of nitroso groups, excluding NO2 is 1. The standard InChI is InChI=1S/C13H9N5O7/c1-25-13(21)9-8-10(17(14-9)15-22)12(20)16(11(8)19)6-2-4-7(5-3-6)18(23)24/h2-5,8,10H,1H3/t8-,10+/m0/s1. The minimum absolute atomic E-state index is 0.0602. The van der Waals surface area contributed by atoms with Crippen molar-refractivity contribution in [1.29, 1.82) is 0 Å². The van der Waals surface area contributed by atoms with Gasteiger partial charge in [-0.25, -0.2) is 9.69 Å². The maximum Gasteiger partial charge on any atom is 0.355 e.